The summed E-state index contributed by atoms with van der Waals surface area (Å²) in [7, 11) is -2.73. The fourth-order valence-corrected chi connectivity index (χ4v) is 0.962. The van der Waals surface area contributed by atoms with Crippen molar-refractivity contribution >= 4 is 7.82 Å². The summed E-state index contributed by atoms with van der Waals surface area (Å²) in [6, 6.07) is 0. The van der Waals surface area contributed by atoms with E-state index in [9.17, 15) is 4.57 Å². The molecule has 0 amide bonds. The van der Waals surface area contributed by atoms with Crippen molar-refractivity contribution in [2.75, 3.05) is 33.5 Å². The van der Waals surface area contributed by atoms with E-state index in [2.05, 4.69) is 9.05 Å². The Hall–Kier alpha value is 0.0300. The molecule has 0 heterocycles. The number of hydrogen-bond acceptors (Lipinski definition) is 5. The predicted octanol–water partition coefficient (Wildman–Crippen LogP) is 0.115. The quantitative estimate of drug-likeness (QED) is 0.439. The average molecular weight is 213 g/mol. The van der Waals surface area contributed by atoms with Crippen molar-refractivity contribution in [1.82, 2.24) is 0 Å². The van der Waals surface area contributed by atoms with Crippen molar-refractivity contribution < 1.29 is 23.2 Å². The molecule has 1 atom stereocenters. The fourth-order valence-electron chi connectivity index (χ4n) is 0.552. The van der Waals surface area contributed by atoms with Crippen molar-refractivity contribution in [1.29, 1.82) is 0 Å². The van der Waals surface area contributed by atoms with Gasteiger partial charge in [-0.25, -0.2) is 4.57 Å². The van der Waals surface area contributed by atoms with Crippen LogP contribution in [-0.4, -0.2) is 38.4 Å². The Morgan fingerprint density at radius 1 is 1.38 bits per heavy atom. The minimum absolute atomic E-state index is 0.0339. The lowest BCUT2D eigenvalue weighted by atomic mass is 10.5. The van der Waals surface area contributed by atoms with Gasteiger partial charge in [-0.2, -0.15) is 0 Å². The Kier molecular flexibility index (Phi) is 7.45. The molecule has 0 aliphatic heterocycles. The van der Waals surface area contributed by atoms with Crippen molar-refractivity contribution in [3.8, 4) is 0 Å². The van der Waals surface area contributed by atoms with E-state index in [-0.39, 0.29) is 13.2 Å². The van der Waals surface area contributed by atoms with Gasteiger partial charge in [-0.3, -0.25) is 9.05 Å². The summed E-state index contributed by atoms with van der Waals surface area (Å²) in [6.45, 7) is 1.39. The summed E-state index contributed by atoms with van der Waals surface area (Å²) in [6.07, 6.45) is 0.765. The molecule has 0 saturated carbocycles. The van der Waals surface area contributed by atoms with Gasteiger partial charge in [0, 0.05) is 13.7 Å². The fraction of sp³-hybridized carbons (Fsp3) is 1.00. The van der Waals surface area contributed by atoms with Gasteiger partial charge in [0.15, 0.2) is 0 Å². The van der Waals surface area contributed by atoms with E-state index in [1.165, 1.54) is 0 Å². The van der Waals surface area contributed by atoms with Crippen LogP contribution in [0.3, 0.4) is 0 Å². The molecule has 13 heavy (non-hydrogen) atoms. The molecular formula is C6H16NO5P. The topological polar surface area (TPSA) is 91.0 Å². The van der Waals surface area contributed by atoms with Crippen LogP contribution in [0.2, 0.25) is 0 Å². The van der Waals surface area contributed by atoms with Crippen molar-refractivity contribution in [2.24, 2.45) is 5.73 Å². The van der Waals surface area contributed by atoms with Gasteiger partial charge in [0.25, 0.3) is 0 Å². The molecule has 0 aromatic carbocycles. The second kappa shape index (κ2) is 7.44. The summed E-state index contributed by atoms with van der Waals surface area (Å²) < 4.78 is 24.4. The Balaban J connectivity index is 3.21. The SMILES string of the molecule is COP(=O)(O)OCCOCCCN. The molecule has 0 radical (unpaired) electrons. The van der Waals surface area contributed by atoms with E-state index in [1.807, 2.05) is 0 Å². The van der Waals surface area contributed by atoms with Crippen molar-refractivity contribution in [3.63, 3.8) is 0 Å². The van der Waals surface area contributed by atoms with Crippen LogP contribution in [0.4, 0.5) is 0 Å². The number of phosphoric ester groups is 1. The van der Waals surface area contributed by atoms with Crippen LogP contribution < -0.4 is 5.73 Å². The molecule has 0 aliphatic carbocycles. The maximum absolute atomic E-state index is 10.7. The predicted molar refractivity (Wildman–Crippen MR) is 47.3 cm³/mol. The van der Waals surface area contributed by atoms with Gasteiger partial charge in [-0.15, -0.1) is 0 Å². The summed E-state index contributed by atoms with van der Waals surface area (Å²) in [5, 5.41) is 0. The van der Waals surface area contributed by atoms with E-state index < -0.39 is 7.82 Å². The maximum atomic E-state index is 10.7. The van der Waals surface area contributed by atoms with Crippen LogP contribution in [0.25, 0.3) is 0 Å². The Morgan fingerprint density at radius 3 is 2.62 bits per heavy atom. The normalized spacial score (nSPS) is 15.6. The summed E-state index contributed by atoms with van der Waals surface area (Å²) in [5.74, 6) is 0. The number of ether oxygens (including phenoxy) is 1. The third kappa shape index (κ3) is 8.36. The van der Waals surface area contributed by atoms with Crippen molar-refractivity contribution in [3.05, 3.63) is 0 Å². The molecule has 7 heteroatoms. The van der Waals surface area contributed by atoms with Crippen LogP contribution in [-0.2, 0) is 18.3 Å². The second-order valence-corrected chi connectivity index (χ2v) is 3.80. The van der Waals surface area contributed by atoms with E-state index in [4.69, 9.17) is 15.4 Å². The number of nitrogens with two attached hydrogens (primary N) is 1. The largest absolute Gasteiger partial charge is 0.471 e. The highest BCUT2D eigenvalue weighted by atomic mass is 31.2. The van der Waals surface area contributed by atoms with Crippen LogP contribution in [0.1, 0.15) is 6.42 Å². The van der Waals surface area contributed by atoms with Crippen LogP contribution in [0.15, 0.2) is 0 Å². The standard InChI is InChI=1S/C6H16NO5P/c1-10-13(8,9)12-6-5-11-4-2-3-7/h2-7H2,1H3,(H,8,9). The Morgan fingerprint density at radius 2 is 2.08 bits per heavy atom. The molecule has 6 nitrogen and oxygen atoms in total. The van der Waals surface area contributed by atoms with Crippen molar-refractivity contribution in [2.45, 2.75) is 6.42 Å². The van der Waals surface area contributed by atoms with Gasteiger partial charge < -0.3 is 15.4 Å². The highest BCUT2D eigenvalue weighted by Crippen LogP contribution is 2.41. The molecular weight excluding hydrogens is 197 g/mol. The first-order valence-electron chi connectivity index (χ1n) is 3.93. The molecule has 0 aliphatic rings. The van der Waals surface area contributed by atoms with Gasteiger partial charge in [0.05, 0.1) is 13.2 Å². The smallest absolute Gasteiger partial charge is 0.379 e. The highest BCUT2D eigenvalue weighted by molar-refractivity contribution is 7.47. The van der Waals surface area contributed by atoms with E-state index in [1.54, 1.807) is 0 Å². The van der Waals surface area contributed by atoms with Crippen LogP contribution >= 0.6 is 7.82 Å². The van der Waals surface area contributed by atoms with Gasteiger partial charge in [0.1, 0.15) is 0 Å². The first-order chi connectivity index (χ1) is 6.12. The molecule has 80 valence electrons. The van der Waals surface area contributed by atoms with E-state index in [0.717, 1.165) is 13.5 Å². The van der Waals surface area contributed by atoms with Gasteiger partial charge in [0.2, 0.25) is 0 Å². The van der Waals surface area contributed by atoms with Crippen LogP contribution in [0.5, 0.6) is 0 Å². The third-order valence-electron chi connectivity index (χ3n) is 1.21. The molecule has 0 aromatic heterocycles. The molecule has 0 spiro atoms. The Bertz CT molecular complexity index is 165. The first-order valence-corrected chi connectivity index (χ1v) is 5.43. The molecule has 0 aromatic rings. The minimum atomic E-state index is -3.83. The van der Waals surface area contributed by atoms with Gasteiger partial charge >= 0.3 is 7.82 Å². The van der Waals surface area contributed by atoms with Gasteiger partial charge in [-0.05, 0) is 13.0 Å². The zero-order valence-electron chi connectivity index (χ0n) is 7.64. The lowest BCUT2D eigenvalue weighted by Crippen LogP contribution is -2.08. The molecule has 0 saturated heterocycles. The molecule has 3 N–H and O–H groups in total. The Labute approximate surface area is 77.6 Å². The monoisotopic (exact) mass is 213 g/mol. The average Bonchev–Trinajstić information content (AvgIpc) is 2.11. The lowest BCUT2D eigenvalue weighted by molar-refractivity contribution is 0.0810. The molecule has 0 rings (SSSR count). The van der Waals surface area contributed by atoms with E-state index in [0.29, 0.717) is 13.2 Å². The number of rotatable bonds is 8. The summed E-state index contributed by atoms with van der Waals surface area (Å²) in [5.41, 5.74) is 5.22. The van der Waals surface area contributed by atoms with E-state index >= 15 is 0 Å². The molecule has 1 unspecified atom stereocenters. The summed E-state index contributed by atoms with van der Waals surface area (Å²) >= 11 is 0. The zero-order chi connectivity index (χ0) is 10.2. The maximum Gasteiger partial charge on any atom is 0.471 e. The third-order valence-corrected chi connectivity index (χ3v) is 2.18. The number of phosphoric acid groups is 1. The van der Waals surface area contributed by atoms with Crippen LogP contribution in [0, 0.1) is 0 Å². The summed E-state index contributed by atoms with van der Waals surface area (Å²) in [4.78, 5) is 8.76. The minimum Gasteiger partial charge on any atom is -0.379 e. The zero-order valence-corrected chi connectivity index (χ0v) is 8.53. The molecule has 0 fully saturated rings. The first kappa shape index (κ1) is 13.0. The second-order valence-electron chi connectivity index (χ2n) is 2.24. The van der Waals surface area contributed by atoms with Gasteiger partial charge in [-0.1, -0.05) is 0 Å². The number of hydrogen-bond donors (Lipinski definition) is 2. The molecule has 0 bridgehead atoms. The lowest BCUT2D eigenvalue weighted by Gasteiger charge is -2.08. The highest BCUT2D eigenvalue weighted by Gasteiger charge is 2.17.